The second kappa shape index (κ2) is 7.24. The molecule has 124 valence electrons. The standard InChI is InChI=1S/C19H18ClNO2S/c1-3-23-14-10-8-13(9-11-14)12(2)21-19(22)18-17(20)15-6-4-5-7-16(15)24-18/h4-12H,3H2,1-2H3,(H,21,22). The minimum atomic E-state index is -0.150. The number of hydrogen-bond acceptors (Lipinski definition) is 3. The molecule has 3 rings (SSSR count). The minimum absolute atomic E-state index is 0.116. The number of ether oxygens (including phenoxy) is 1. The fraction of sp³-hybridized carbons (Fsp3) is 0.211. The minimum Gasteiger partial charge on any atom is -0.494 e. The van der Waals surface area contributed by atoms with Crippen molar-refractivity contribution in [3.05, 3.63) is 64.0 Å². The number of fused-ring (bicyclic) bond motifs is 1. The molecule has 5 heteroatoms. The molecule has 0 aliphatic rings. The van der Waals surface area contributed by atoms with Crippen LogP contribution in [-0.2, 0) is 0 Å². The Morgan fingerprint density at radius 2 is 1.92 bits per heavy atom. The van der Waals surface area contributed by atoms with Crippen molar-refractivity contribution in [3.63, 3.8) is 0 Å². The molecule has 1 aromatic heterocycles. The average Bonchev–Trinajstić information content (AvgIpc) is 2.93. The van der Waals surface area contributed by atoms with Crippen molar-refractivity contribution < 1.29 is 9.53 Å². The first-order chi connectivity index (χ1) is 11.6. The monoisotopic (exact) mass is 359 g/mol. The van der Waals surface area contributed by atoms with Crippen LogP contribution >= 0.6 is 22.9 Å². The molecule has 2 aromatic carbocycles. The molecule has 3 nitrogen and oxygen atoms in total. The van der Waals surface area contributed by atoms with Gasteiger partial charge in [0, 0.05) is 10.1 Å². The van der Waals surface area contributed by atoms with Crippen molar-refractivity contribution in [2.75, 3.05) is 6.61 Å². The number of thiophene rings is 1. The first-order valence-electron chi connectivity index (χ1n) is 7.80. The quantitative estimate of drug-likeness (QED) is 0.658. The number of carbonyl (C=O) groups excluding carboxylic acids is 1. The highest BCUT2D eigenvalue weighted by Crippen LogP contribution is 2.35. The van der Waals surface area contributed by atoms with Crippen molar-refractivity contribution in [3.8, 4) is 5.75 Å². The van der Waals surface area contributed by atoms with Crippen LogP contribution in [0.15, 0.2) is 48.5 Å². The Kier molecular flexibility index (Phi) is 5.07. The van der Waals surface area contributed by atoms with Crippen LogP contribution in [0.25, 0.3) is 10.1 Å². The Labute approximate surface area is 150 Å². The van der Waals surface area contributed by atoms with Gasteiger partial charge in [-0.15, -0.1) is 11.3 Å². The summed E-state index contributed by atoms with van der Waals surface area (Å²) in [5, 5.41) is 4.45. The molecule has 0 saturated heterocycles. The maximum atomic E-state index is 12.6. The Balaban J connectivity index is 1.76. The SMILES string of the molecule is CCOc1ccc(C(C)NC(=O)c2sc3ccccc3c2Cl)cc1. The van der Waals surface area contributed by atoms with Gasteiger partial charge in [-0.05, 0) is 37.6 Å². The van der Waals surface area contributed by atoms with Crippen molar-refractivity contribution in [1.82, 2.24) is 5.32 Å². The summed E-state index contributed by atoms with van der Waals surface area (Å²) in [5.74, 6) is 0.676. The van der Waals surface area contributed by atoms with E-state index in [1.807, 2.05) is 62.4 Å². The summed E-state index contributed by atoms with van der Waals surface area (Å²) >= 11 is 7.78. The van der Waals surface area contributed by atoms with Gasteiger partial charge in [-0.3, -0.25) is 4.79 Å². The molecule has 0 aliphatic carbocycles. The normalized spacial score (nSPS) is 12.1. The van der Waals surface area contributed by atoms with Crippen molar-refractivity contribution in [2.24, 2.45) is 0 Å². The first kappa shape index (κ1) is 16.8. The topological polar surface area (TPSA) is 38.3 Å². The van der Waals surface area contributed by atoms with Gasteiger partial charge >= 0.3 is 0 Å². The maximum absolute atomic E-state index is 12.6. The summed E-state index contributed by atoms with van der Waals surface area (Å²) in [4.78, 5) is 13.1. The number of halogens is 1. The largest absolute Gasteiger partial charge is 0.494 e. The third-order valence-corrected chi connectivity index (χ3v) is 5.45. The molecule has 24 heavy (non-hydrogen) atoms. The van der Waals surface area contributed by atoms with Crippen molar-refractivity contribution in [1.29, 1.82) is 0 Å². The van der Waals surface area contributed by atoms with Crippen LogP contribution in [0.4, 0.5) is 0 Å². The second-order valence-electron chi connectivity index (χ2n) is 5.44. The van der Waals surface area contributed by atoms with E-state index in [-0.39, 0.29) is 11.9 Å². The lowest BCUT2D eigenvalue weighted by molar-refractivity contribution is 0.0944. The van der Waals surface area contributed by atoms with Crippen molar-refractivity contribution in [2.45, 2.75) is 19.9 Å². The molecule has 0 aliphatic heterocycles. The van der Waals surface area contributed by atoms with E-state index in [1.165, 1.54) is 11.3 Å². The number of benzene rings is 2. The van der Waals surface area contributed by atoms with E-state index in [4.69, 9.17) is 16.3 Å². The van der Waals surface area contributed by atoms with Crippen LogP contribution < -0.4 is 10.1 Å². The average molecular weight is 360 g/mol. The van der Waals surface area contributed by atoms with Gasteiger partial charge < -0.3 is 10.1 Å². The number of carbonyl (C=O) groups is 1. The van der Waals surface area contributed by atoms with Gasteiger partial charge in [0.2, 0.25) is 0 Å². The Morgan fingerprint density at radius 3 is 2.58 bits per heavy atom. The van der Waals surface area contributed by atoms with Crippen LogP contribution in [0.2, 0.25) is 5.02 Å². The van der Waals surface area contributed by atoms with E-state index in [0.29, 0.717) is 16.5 Å². The van der Waals surface area contributed by atoms with Crippen LogP contribution in [0.5, 0.6) is 5.75 Å². The molecule has 1 heterocycles. The summed E-state index contributed by atoms with van der Waals surface area (Å²) in [6, 6.07) is 15.4. The van der Waals surface area contributed by atoms with Gasteiger partial charge in [-0.25, -0.2) is 0 Å². The molecule has 3 aromatic rings. The predicted molar refractivity (Wildman–Crippen MR) is 100 cm³/mol. The summed E-state index contributed by atoms with van der Waals surface area (Å²) in [6.07, 6.45) is 0. The fourth-order valence-electron chi connectivity index (χ4n) is 2.52. The van der Waals surface area contributed by atoms with Crippen LogP contribution in [0.3, 0.4) is 0 Å². The van der Waals surface area contributed by atoms with Gasteiger partial charge in [0.05, 0.1) is 17.7 Å². The first-order valence-corrected chi connectivity index (χ1v) is 9.00. The van der Waals surface area contributed by atoms with Gasteiger partial charge in [0.25, 0.3) is 5.91 Å². The number of rotatable bonds is 5. The van der Waals surface area contributed by atoms with E-state index in [9.17, 15) is 4.79 Å². The molecule has 1 N–H and O–H groups in total. The Hall–Kier alpha value is -2.04. The van der Waals surface area contributed by atoms with E-state index in [2.05, 4.69) is 5.32 Å². The zero-order valence-corrected chi connectivity index (χ0v) is 15.1. The highest BCUT2D eigenvalue weighted by Gasteiger charge is 2.19. The number of nitrogens with one attached hydrogen (secondary N) is 1. The van der Waals surface area contributed by atoms with Gasteiger partial charge in [-0.2, -0.15) is 0 Å². The lowest BCUT2D eigenvalue weighted by Gasteiger charge is -2.14. The van der Waals surface area contributed by atoms with Gasteiger partial charge in [0.15, 0.2) is 0 Å². The van der Waals surface area contributed by atoms with E-state index >= 15 is 0 Å². The summed E-state index contributed by atoms with van der Waals surface area (Å²) < 4.78 is 6.45. The number of hydrogen-bond donors (Lipinski definition) is 1. The van der Waals surface area contributed by atoms with Crippen molar-refractivity contribution >= 4 is 38.9 Å². The zero-order valence-electron chi connectivity index (χ0n) is 13.5. The molecule has 0 bridgehead atoms. The van der Waals surface area contributed by atoms with E-state index in [1.54, 1.807) is 0 Å². The molecular weight excluding hydrogens is 342 g/mol. The lowest BCUT2D eigenvalue weighted by atomic mass is 10.1. The highest BCUT2D eigenvalue weighted by atomic mass is 35.5. The smallest absolute Gasteiger partial charge is 0.263 e. The molecular formula is C19H18ClNO2S. The lowest BCUT2D eigenvalue weighted by Crippen LogP contribution is -2.26. The fourth-order valence-corrected chi connectivity index (χ4v) is 3.95. The maximum Gasteiger partial charge on any atom is 0.263 e. The summed E-state index contributed by atoms with van der Waals surface area (Å²) in [5.41, 5.74) is 1.02. The molecule has 1 unspecified atom stereocenters. The zero-order chi connectivity index (χ0) is 17.1. The molecule has 0 spiro atoms. The molecule has 1 atom stereocenters. The van der Waals surface area contributed by atoms with Gasteiger partial charge in [-0.1, -0.05) is 41.9 Å². The second-order valence-corrected chi connectivity index (χ2v) is 6.87. The van der Waals surface area contributed by atoms with E-state index < -0.39 is 0 Å². The van der Waals surface area contributed by atoms with Crippen LogP contribution in [0.1, 0.15) is 35.1 Å². The molecule has 0 radical (unpaired) electrons. The third-order valence-electron chi connectivity index (χ3n) is 3.78. The Bertz CT molecular complexity index is 857. The summed E-state index contributed by atoms with van der Waals surface area (Å²) in [6.45, 7) is 4.54. The van der Waals surface area contributed by atoms with Gasteiger partial charge in [0.1, 0.15) is 10.6 Å². The molecule has 1 amide bonds. The van der Waals surface area contributed by atoms with Crippen LogP contribution in [-0.4, -0.2) is 12.5 Å². The Morgan fingerprint density at radius 1 is 1.21 bits per heavy atom. The highest BCUT2D eigenvalue weighted by molar-refractivity contribution is 7.21. The van der Waals surface area contributed by atoms with Crippen LogP contribution in [0, 0.1) is 0 Å². The predicted octanol–water partition coefficient (Wildman–Crippen LogP) is 5.44. The number of amides is 1. The third kappa shape index (κ3) is 3.40. The molecule has 0 fully saturated rings. The molecule has 0 saturated carbocycles. The summed E-state index contributed by atoms with van der Waals surface area (Å²) in [7, 11) is 0. The van der Waals surface area contributed by atoms with E-state index in [0.717, 1.165) is 21.4 Å².